The van der Waals surface area contributed by atoms with E-state index in [9.17, 15) is 4.79 Å². The zero-order chi connectivity index (χ0) is 21.2. The maximum Gasteiger partial charge on any atom is 0.323 e. The molecule has 0 radical (unpaired) electrons. The molecule has 0 aliphatic carbocycles. The van der Waals surface area contributed by atoms with Crippen molar-refractivity contribution in [1.82, 2.24) is 14.5 Å². The smallest absolute Gasteiger partial charge is 0.323 e. The van der Waals surface area contributed by atoms with Gasteiger partial charge in [-0.15, -0.1) is 12.4 Å². The number of amides is 2. The van der Waals surface area contributed by atoms with Crippen LogP contribution in [0.1, 0.15) is 11.1 Å². The van der Waals surface area contributed by atoms with Crippen LogP contribution in [0.4, 0.5) is 16.2 Å². The molecule has 0 unspecified atom stereocenters. The summed E-state index contributed by atoms with van der Waals surface area (Å²) < 4.78 is 2.15. The van der Waals surface area contributed by atoms with Crippen molar-refractivity contribution in [3.63, 3.8) is 0 Å². The summed E-state index contributed by atoms with van der Waals surface area (Å²) in [5, 5.41) is 16.7. The van der Waals surface area contributed by atoms with E-state index in [1.165, 1.54) is 0 Å². The van der Waals surface area contributed by atoms with Crippen LogP contribution in [-0.4, -0.2) is 20.6 Å². The number of hydrogen-bond donors (Lipinski definition) is 3. The molecule has 0 saturated carbocycles. The van der Waals surface area contributed by atoms with Gasteiger partial charge in [0.25, 0.3) is 0 Å². The van der Waals surface area contributed by atoms with Crippen LogP contribution < -0.4 is 10.6 Å². The van der Waals surface area contributed by atoms with E-state index in [0.717, 1.165) is 27.5 Å². The van der Waals surface area contributed by atoms with Crippen LogP contribution >= 0.6 is 12.4 Å². The first-order valence-electron chi connectivity index (χ1n) is 9.78. The van der Waals surface area contributed by atoms with Gasteiger partial charge in [0, 0.05) is 41.6 Å². The van der Waals surface area contributed by atoms with Gasteiger partial charge in [0.05, 0.1) is 22.8 Å². The third-order valence-electron chi connectivity index (χ3n) is 5.20. The number of halogens is 1. The van der Waals surface area contributed by atoms with Gasteiger partial charge < -0.3 is 20.2 Å². The highest BCUT2D eigenvalue weighted by Gasteiger charge is 2.11. The molecule has 3 heterocycles. The fourth-order valence-corrected chi connectivity index (χ4v) is 3.76. The van der Waals surface area contributed by atoms with E-state index in [1.807, 2.05) is 48.8 Å². The second kappa shape index (κ2) is 8.84. The molecule has 0 aliphatic rings. The second-order valence-electron chi connectivity index (χ2n) is 7.16. The van der Waals surface area contributed by atoms with Crippen LogP contribution in [0, 0.1) is 11.3 Å². The number of carbonyl (C=O) groups excluding carboxylic acids is 1. The monoisotopic (exact) mass is 442 g/mol. The fourth-order valence-electron chi connectivity index (χ4n) is 3.76. The number of hydrogen-bond acceptors (Lipinski definition) is 3. The van der Waals surface area contributed by atoms with Crippen LogP contribution in [0.2, 0.25) is 0 Å². The molecule has 2 aromatic carbocycles. The Kier molecular flexibility index (Phi) is 5.79. The summed E-state index contributed by atoms with van der Waals surface area (Å²) in [7, 11) is 0. The van der Waals surface area contributed by atoms with Crippen molar-refractivity contribution in [1.29, 1.82) is 5.26 Å². The van der Waals surface area contributed by atoms with Crippen LogP contribution in [0.25, 0.3) is 21.9 Å². The van der Waals surface area contributed by atoms with Gasteiger partial charge in [0.1, 0.15) is 5.65 Å². The van der Waals surface area contributed by atoms with Crippen LogP contribution in [0.3, 0.4) is 0 Å². The molecule has 0 bridgehead atoms. The van der Waals surface area contributed by atoms with Gasteiger partial charge in [-0.2, -0.15) is 5.26 Å². The number of fused-ring (bicyclic) bond motifs is 2. The van der Waals surface area contributed by atoms with Crippen molar-refractivity contribution in [3.8, 4) is 6.07 Å². The number of aromatic nitrogens is 3. The quantitative estimate of drug-likeness (QED) is 0.342. The van der Waals surface area contributed by atoms with E-state index in [4.69, 9.17) is 5.26 Å². The standard InChI is InChI=1S/C24H18N6O.ClH/c25-14-16-3-1-4-18(13-16)28-24(31)29-21-5-2-6-22-20(21)9-12-30(22)15-17-7-10-26-23-19(17)8-11-27-23;/h1-13H,15H2,(H,26,27)(H2,28,29,31);1H. The first-order chi connectivity index (χ1) is 15.2. The number of nitrogens with zero attached hydrogens (tertiary/aromatic N) is 3. The minimum absolute atomic E-state index is 0. The molecular formula is C24H19ClN6O. The van der Waals surface area contributed by atoms with Crippen molar-refractivity contribution in [3.05, 3.63) is 90.4 Å². The molecule has 8 heteroatoms. The number of carbonyl (C=O) groups is 1. The molecule has 5 aromatic rings. The zero-order valence-electron chi connectivity index (χ0n) is 16.9. The van der Waals surface area contributed by atoms with E-state index in [1.54, 1.807) is 30.5 Å². The van der Waals surface area contributed by atoms with Gasteiger partial charge in [-0.05, 0) is 54.1 Å². The largest absolute Gasteiger partial charge is 0.346 e. The van der Waals surface area contributed by atoms with E-state index < -0.39 is 0 Å². The second-order valence-corrected chi connectivity index (χ2v) is 7.16. The predicted molar refractivity (Wildman–Crippen MR) is 128 cm³/mol. The molecule has 158 valence electrons. The highest BCUT2D eigenvalue weighted by atomic mass is 35.5. The molecule has 2 amide bonds. The SMILES string of the molecule is Cl.N#Cc1cccc(NC(=O)Nc2cccc3c2ccn3Cc2ccnc3[nH]ccc23)c1. The molecule has 0 spiro atoms. The lowest BCUT2D eigenvalue weighted by Crippen LogP contribution is -2.19. The Hall–Kier alpha value is -4.28. The molecule has 32 heavy (non-hydrogen) atoms. The molecule has 7 nitrogen and oxygen atoms in total. The van der Waals surface area contributed by atoms with Crippen molar-refractivity contribution in [2.24, 2.45) is 0 Å². The normalized spacial score (nSPS) is 10.5. The summed E-state index contributed by atoms with van der Waals surface area (Å²) in [6.45, 7) is 0.691. The van der Waals surface area contributed by atoms with E-state index in [0.29, 0.717) is 23.5 Å². The van der Waals surface area contributed by atoms with E-state index >= 15 is 0 Å². The van der Waals surface area contributed by atoms with Crippen molar-refractivity contribution in [2.45, 2.75) is 6.54 Å². The van der Waals surface area contributed by atoms with Gasteiger partial charge >= 0.3 is 6.03 Å². The highest BCUT2D eigenvalue weighted by molar-refractivity contribution is 6.05. The first kappa shape index (κ1) is 21.0. The topological polar surface area (TPSA) is 98.5 Å². The Morgan fingerprint density at radius 1 is 1.06 bits per heavy atom. The van der Waals surface area contributed by atoms with Gasteiger partial charge in [-0.3, -0.25) is 0 Å². The molecule has 0 fully saturated rings. The third kappa shape index (κ3) is 4.00. The van der Waals surface area contributed by atoms with Gasteiger partial charge in [0.2, 0.25) is 0 Å². The minimum Gasteiger partial charge on any atom is -0.346 e. The summed E-state index contributed by atoms with van der Waals surface area (Å²) >= 11 is 0. The van der Waals surface area contributed by atoms with Crippen LogP contribution in [-0.2, 0) is 6.54 Å². The van der Waals surface area contributed by atoms with Gasteiger partial charge in [0.15, 0.2) is 0 Å². The molecule has 5 rings (SSSR count). The summed E-state index contributed by atoms with van der Waals surface area (Å²) in [5.41, 5.74) is 4.82. The third-order valence-corrected chi connectivity index (χ3v) is 5.20. The number of anilines is 2. The van der Waals surface area contributed by atoms with Crippen molar-refractivity contribution in [2.75, 3.05) is 10.6 Å². The van der Waals surface area contributed by atoms with Crippen molar-refractivity contribution >= 4 is 51.7 Å². The Morgan fingerprint density at radius 2 is 1.94 bits per heavy atom. The number of rotatable bonds is 4. The number of nitriles is 1. The van der Waals surface area contributed by atoms with Crippen LogP contribution in [0.15, 0.2) is 79.3 Å². The predicted octanol–water partition coefficient (Wildman–Crippen LogP) is 5.50. The molecule has 0 aliphatic heterocycles. The van der Waals surface area contributed by atoms with Crippen molar-refractivity contribution < 1.29 is 4.79 Å². The number of benzene rings is 2. The lowest BCUT2D eigenvalue weighted by molar-refractivity contribution is 0.262. The lowest BCUT2D eigenvalue weighted by atomic mass is 10.2. The summed E-state index contributed by atoms with van der Waals surface area (Å²) in [6.07, 6.45) is 5.71. The number of aromatic amines is 1. The lowest BCUT2D eigenvalue weighted by Gasteiger charge is -2.10. The minimum atomic E-state index is -0.362. The maximum atomic E-state index is 12.5. The fraction of sp³-hybridized carbons (Fsp3) is 0.0417. The highest BCUT2D eigenvalue weighted by Crippen LogP contribution is 2.26. The van der Waals surface area contributed by atoms with E-state index in [2.05, 4.69) is 31.2 Å². The summed E-state index contributed by atoms with van der Waals surface area (Å²) in [4.78, 5) is 20.0. The molecule has 3 aromatic heterocycles. The summed E-state index contributed by atoms with van der Waals surface area (Å²) in [5.74, 6) is 0. The molecular weight excluding hydrogens is 424 g/mol. The Morgan fingerprint density at radius 3 is 2.81 bits per heavy atom. The summed E-state index contributed by atoms with van der Waals surface area (Å²) in [6, 6.07) is 20.4. The molecule has 3 N–H and O–H groups in total. The Labute approximate surface area is 190 Å². The maximum absolute atomic E-state index is 12.5. The zero-order valence-corrected chi connectivity index (χ0v) is 17.7. The van der Waals surface area contributed by atoms with E-state index in [-0.39, 0.29) is 18.4 Å². The average Bonchev–Trinajstić information content (AvgIpc) is 3.42. The van der Waals surface area contributed by atoms with Crippen LogP contribution in [0.5, 0.6) is 0 Å². The first-order valence-corrected chi connectivity index (χ1v) is 9.78. The molecule has 0 atom stereocenters. The number of H-pyrrole nitrogens is 1. The average molecular weight is 443 g/mol. The number of nitrogens with one attached hydrogen (secondary N) is 3. The Bertz CT molecular complexity index is 1460. The molecule has 0 saturated heterocycles. The number of urea groups is 1. The van der Waals surface area contributed by atoms with Gasteiger partial charge in [-0.1, -0.05) is 12.1 Å². The Balaban J connectivity index is 0.00000245. The number of pyridine rings is 1. The van der Waals surface area contributed by atoms with Gasteiger partial charge in [-0.25, -0.2) is 9.78 Å².